The Bertz CT molecular complexity index is 338. The van der Waals surface area contributed by atoms with Crippen molar-refractivity contribution in [3.05, 3.63) is 33.9 Å². The van der Waals surface area contributed by atoms with Gasteiger partial charge in [0.05, 0.1) is 0 Å². The van der Waals surface area contributed by atoms with E-state index >= 15 is 0 Å². The third-order valence-corrected chi connectivity index (χ3v) is 2.37. The van der Waals surface area contributed by atoms with E-state index < -0.39 is 0 Å². The van der Waals surface area contributed by atoms with Gasteiger partial charge in [0.1, 0.15) is 5.69 Å². The number of nitrogens with zero attached hydrogens (tertiary/aromatic N) is 2. The van der Waals surface area contributed by atoms with Gasteiger partial charge < -0.3 is 0 Å². The summed E-state index contributed by atoms with van der Waals surface area (Å²) in [5.74, 6) is 0. The zero-order valence-corrected chi connectivity index (χ0v) is 8.96. The summed E-state index contributed by atoms with van der Waals surface area (Å²) in [5.41, 5.74) is 7.24. The van der Waals surface area contributed by atoms with Crippen LogP contribution >= 0.6 is 0 Å². The van der Waals surface area contributed by atoms with Crippen LogP contribution in [0.2, 0.25) is 0 Å². The highest BCUT2D eigenvalue weighted by Crippen LogP contribution is 2.24. The third-order valence-electron chi connectivity index (χ3n) is 2.37. The Morgan fingerprint density at radius 2 is 1.71 bits per heavy atom. The van der Waals surface area contributed by atoms with E-state index in [2.05, 4.69) is 43.4 Å². The summed E-state index contributed by atoms with van der Waals surface area (Å²) in [6.07, 6.45) is 1.87. The van der Waals surface area contributed by atoms with Gasteiger partial charge in [0.15, 0.2) is 0 Å². The van der Waals surface area contributed by atoms with E-state index in [0.29, 0.717) is 0 Å². The molecule has 0 fully saturated rings. The Hall–Kier alpha value is -1.56. The Labute approximate surface area is 84.7 Å². The summed E-state index contributed by atoms with van der Waals surface area (Å²) in [7, 11) is 0. The van der Waals surface area contributed by atoms with Gasteiger partial charge in [-0.25, -0.2) is 0 Å². The topological polar surface area (TPSA) is 40.2 Å². The largest absolute Gasteiger partial charge is 0.308 e. The maximum atomic E-state index is 8.54. The smallest absolute Gasteiger partial charge is 0.0612 e. The number of aryl methyl sites for hydroxylation is 3. The minimum absolute atomic E-state index is 0.937. The quantitative estimate of drug-likeness (QED) is 0.586. The Morgan fingerprint density at radius 1 is 1.21 bits per heavy atom. The number of nitrogens with one attached hydrogen (secondary N) is 1. The molecule has 0 atom stereocenters. The molecule has 0 unspecified atom stereocenters. The summed E-state index contributed by atoms with van der Waals surface area (Å²) in [5, 5.41) is 11.5. The molecule has 14 heavy (non-hydrogen) atoms. The molecule has 0 bridgehead atoms. The summed E-state index contributed by atoms with van der Waals surface area (Å²) >= 11 is 0. The fourth-order valence-electron chi connectivity index (χ4n) is 1.69. The maximum absolute atomic E-state index is 8.54. The van der Waals surface area contributed by atoms with Gasteiger partial charge in [-0.1, -0.05) is 31.5 Å². The van der Waals surface area contributed by atoms with Crippen LogP contribution in [0.15, 0.2) is 12.1 Å². The van der Waals surface area contributed by atoms with Crippen LogP contribution in [0.1, 0.15) is 30.5 Å². The molecule has 0 aromatic heterocycles. The van der Waals surface area contributed by atoms with Gasteiger partial charge in [-0.2, -0.15) is 0 Å². The van der Waals surface area contributed by atoms with Crippen molar-refractivity contribution >= 4 is 5.69 Å². The fraction of sp³-hybridized carbons (Fsp3) is 0.455. The average Bonchev–Trinajstić information content (AvgIpc) is 2.20. The summed E-state index contributed by atoms with van der Waals surface area (Å²) in [6, 6.07) is 4.24. The zero-order chi connectivity index (χ0) is 10.6. The lowest BCUT2D eigenvalue weighted by Gasteiger charge is -2.08. The molecular weight excluding hydrogens is 174 g/mol. The van der Waals surface area contributed by atoms with Crippen LogP contribution in [0, 0.1) is 12.3 Å². The number of anilines is 1. The van der Waals surface area contributed by atoms with Crippen LogP contribution in [0.25, 0.3) is 5.08 Å². The second kappa shape index (κ2) is 4.61. The van der Waals surface area contributed by atoms with Gasteiger partial charge in [-0.15, -0.1) is 0 Å². The molecule has 1 aromatic rings. The van der Waals surface area contributed by atoms with Crippen LogP contribution in [0.5, 0.6) is 0 Å². The van der Waals surface area contributed by atoms with Crippen LogP contribution in [-0.2, 0) is 12.8 Å². The predicted molar refractivity (Wildman–Crippen MR) is 58.6 cm³/mol. The lowest BCUT2D eigenvalue weighted by atomic mass is 10.0. The number of rotatable bonds is 3. The number of hydrogen-bond donors (Lipinski definition) is 1. The first-order valence-corrected chi connectivity index (χ1v) is 4.95. The van der Waals surface area contributed by atoms with Crippen molar-refractivity contribution in [2.75, 3.05) is 5.43 Å². The molecule has 0 aliphatic heterocycles. The van der Waals surface area contributed by atoms with E-state index in [0.717, 1.165) is 18.5 Å². The van der Waals surface area contributed by atoms with Gasteiger partial charge >= 0.3 is 5.08 Å². The molecule has 1 N–H and O–H groups in total. The maximum Gasteiger partial charge on any atom is 0.308 e. The van der Waals surface area contributed by atoms with Gasteiger partial charge in [0, 0.05) is 0 Å². The molecule has 3 nitrogen and oxygen atoms in total. The molecule has 3 heteroatoms. The lowest BCUT2D eigenvalue weighted by molar-refractivity contribution is 1.07. The molecule has 0 saturated carbocycles. The molecule has 74 valence electrons. The van der Waals surface area contributed by atoms with Crippen molar-refractivity contribution in [3.8, 4) is 0 Å². The van der Waals surface area contributed by atoms with Gasteiger partial charge in [0.25, 0.3) is 5.39 Å². The minimum Gasteiger partial charge on any atom is -0.0612 e. The molecular formula is C11H16N3+. The van der Waals surface area contributed by atoms with E-state index in [1.54, 1.807) is 0 Å². The second-order valence-corrected chi connectivity index (χ2v) is 3.38. The number of hydrogen-bond acceptors (Lipinski definition) is 2. The Morgan fingerprint density at radius 3 is 2.07 bits per heavy atom. The van der Waals surface area contributed by atoms with E-state index in [-0.39, 0.29) is 0 Å². The Kier molecular flexibility index (Phi) is 3.47. The standard InChI is InChI=1S/C11H16N3/c1-4-9-6-8(3)7-10(5-2)11(9)13-14-12/h6-7,13H,4-5H2,1-3H3/q+1. The van der Waals surface area contributed by atoms with Crippen LogP contribution < -0.4 is 5.43 Å². The van der Waals surface area contributed by atoms with Crippen LogP contribution in [-0.4, -0.2) is 0 Å². The van der Waals surface area contributed by atoms with Crippen LogP contribution in [0.3, 0.4) is 0 Å². The highest BCUT2D eigenvalue weighted by atomic mass is 15.3. The van der Waals surface area contributed by atoms with Crippen molar-refractivity contribution in [2.45, 2.75) is 33.6 Å². The molecule has 0 spiro atoms. The van der Waals surface area contributed by atoms with E-state index in [9.17, 15) is 0 Å². The van der Waals surface area contributed by atoms with Crippen LogP contribution in [0.4, 0.5) is 5.69 Å². The highest BCUT2D eigenvalue weighted by molar-refractivity contribution is 5.59. The average molecular weight is 190 g/mol. The highest BCUT2D eigenvalue weighted by Gasteiger charge is 2.11. The molecule has 0 saturated heterocycles. The molecule has 1 rings (SSSR count). The van der Waals surface area contributed by atoms with Crippen molar-refractivity contribution < 1.29 is 0 Å². The van der Waals surface area contributed by atoms with E-state index in [4.69, 9.17) is 5.39 Å². The zero-order valence-electron chi connectivity index (χ0n) is 8.96. The first-order chi connectivity index (χ1) is 6.72. The number of diazo groups is 1. The second-order valence-electron chi connectivity index (χ2n) is 3.38. The molecule has 0 aliphatic carbocycles. The predicted octanol–water partition coefficient (Wildman–Crippen LogP) is 3.30. The van der Waals surface area contributed by atoms with Gasteiger partial charge in [0.2, 0.25) is 0 Å². The van der Waals surface area contributed by atoms with E-state index in [1.807, 2.05) is 0 Å². The summed E-state index contributed by atoms with van der Waals surface area (Å²) < 4.78 is 0. The van der Waals surface area contributed by atoms with Crippen molar-refractivity contribution in [1.82, 2.24) is 0 Å². The molecule has 1 aromatic carbocycles. The van der Waals surface area contributed by atoms with Gasteiger partial charge in [-0.05, 0) is 36.3 Å². The van der Waals surface area contributed by atoms with Gasteiger partial charge in [-0.3, -0.25) is 0 Å². The SMILES string of the molecule is CCc1cc(C)cc(CC)c1N[N+]#N. The fourth-order valence-corrected chi connectivity index (χ4v) is 1.69. The van der Waals surface area contributed by atoms with E-state index in [1.165, 1.54) is 16.7 Å². The van der Waals surface area contributed by atoms with Crippen molar-refractivity contribution in [1.29, 1.82) is 5.39 Å². The molecule has 0 radical (unpaired) electrons. The molecule has 0 aliphatic rings. The van der Waals surface area contributed by atoms with Crippen molar-refractivity contribution in [2.24, 2.45) is 0 Å². The molecule has 0 heterocycles. The summed E-state index contributed by atoms with van der Waals surface area (Å²) in [4.78, 5) is 0. The Balaban J connectivity index is 3.26. The lowest BCUT2D eigenvalue weighted by Crippen LogP contribution is -1.98. The first kappa shape index (κ1) is 10.5. The normalized spacial score (nSPS) is 9.57. The third kappa shape index (κ3) is 2.02. The minimum atomic E-state index is 0.937. The number of benzene rings is 1. The monoisotopic (exact) mass is 190 g/mol. The molecule has 0 amide bonds. The first-order valence-electron chi connectivity index (χ1n) is 4.95. The summed E-state index contributed by atoms with van der Waals surface area (Å²) in [6.45, 7) is 6.27. The van der Waals surface area contributed by atoms with Crippen molar-refractivity contribution in [3.63, 3.8) is 0 Å².